The Kier molecular flexibility index (Phi) is 5.92. The smallest absolute Gasteiger partial charge is 0.267 e. The van der Waals surface area contributed by atoms with Crippen molar-refractivity contribution < 1.29 is 9.59 Å². The molecule has 1 aliphatic heterocycles. The fourth-order valence-electron chi connectivity index (χ4n) is 1.31. The molecule has 2 N–H and O–H groups in total. The van der Waals surface area contributed by atoms with Crippen LogP contribution in [0, 0.1) is 0 Å². The number of hydrogen-bond donors (Lipinski definition) is 2. The highest BCUT2D eigenvalue weighted by atomic mass is 32.2. The number of hydrogen-bond acceptors (Lipinski definition) is 4. The first-order valence-electron chi connectivity index (χ1n) is 5.36. The van der Waals surface area contributed by atoms with Crippen LogP contribution >= 0.6 is 11.8 Å². The molecule has 0 aromatic heterocycles. The highest BCUT2D eigenvalue weighted by Gasteiger charge is 2.17. The third kappa shape index (κ3) is 4.65. The summed E-state index contributed by atoms with van der Waals surface area (Å²) in [7, 11) is 0. The van der Waals surface area contributed by atoms with E-state index in [1.165, 1.54) is 0 Å². The number of carbonyl (C=O) groups excluding carboxylic acids is 2. The van der Waals surface area contributed by atoms with Crippen molar-refractivity contribution in [2.45, 2.75) is 25.7 Å². The van der Waals surface area contributed by atoms with E-state index in [1.54, 1.807) is 11.8 Å². The summed E-state index contributed by atoms with van der Waals surface area (Å²) < 4.78 is 0. The number of hydrazone groups is 1. The molecule has 1 heterocycles. The molecule has 0 atom stereocenters. The Hall–Kier alpha value is -1.04. The summed E-state index contributed by atoms with van der Waals surface area (Å²) in [5.41, 5.74) is 2.73. The van der Waals surface area contributed by atoms with Gasteiger partial charge in [-0.25, -0.2) is 5.43 Å². The van der Waals surface area contributed by atoms with E-state index in [1.807, 2.05) is 0 Å². The van der Waals surface area contributed by atoms with Crippen molar-refractivity contribution in [3.05, 3.63) is 0 Å². The first-order chi connectivity index (χ1) is 7.74. The van der Waals surface area contributed by atoms with Crippen molar-refractivity contribution in [1.82, 2.24) is 10.7 Å². The van der Waals surface area contributed by atoms with Crippen LogP contribution in [0.5, 0.6) is 0 Å². The minimum atomic E-state index is -0.163. The molecule has 16 heavy (non-hydrogen) atoms. The molecule has 5 nitrogen and oxygen atoms in total. The van der Waals surface area contributed by atoms with Crippen LogP contribution in [0.4, 0.5) is 0 Å². The molecule has 0 saturated carbocycles. The Morgan fingerprint density at radius 1 is 1.50 bits per heavy atom. The Balaban J connectivity index is 2.17. The van der Waals surface area contributed by atoms with E-state index in [9.17, 15) is 9.59 Å². The molecule has 0 spiro atoms. The summed E-state index contributed by atoms with van der Waals surface area (Å²) in [5.74, 6) is 0.827. The van der Waals surface area contributed by atoms with Crippen molar-refractivity contribution >= 4 is 29.3 Å². The first-order valence-corrected chi connectivity index (χ1v) is 6.76. The highest BCUT2D eigenvalue weighted by Crippen LogP contribution is 2.00. The lowest BCUT2D eigenvalue weighted by molar-refractivity contribution is -0.121. The Morgan fingerprint density at radius 3 is 2.94 bits per heavy atom. The molecular weight excluding hydrogens is 226 g/mol. The van der Waals surface area contributed by atoms with Crippen LogP contribution in [0.2, 0.25) is 0 Å². The van der Waals surface area contributed by atoms with Crippen LogP contribution in [-0.2, 0) is 9.59 Å². The van der Waals surface area contributed by atoms with Crippen LogP contribution < -0.4 is 10.7 Å². The standard InChI is InChI=1S/C10H17N3O2S/c1-16-7-3-2-6-11-10(15)8-4-5-9(14)13-12-8/h2-7H2,1H3,(H,11,15)(H,13,14). The fourth-order valence-corrected chi connectivity index (χ4v) is 1.81. The van der Waals surface area contributed by atoms with Crippen molar-refractivity contribution in [2.75, 3.05) is 18.6 Å². The number of carbonyl (C=O) groups is 2. The lowest BCUT2D eigenvalue weighted by Gasteiger charge is -2.11. The number of unbranched alkanes of at least 4 members (excludes halogenated alkanes) is 1. The molecular formula is C10H17N3O2S. The van der Waals surface area contributed by atoms with E-state index in [0.29, 0.717) is 25.1 Å². The predicted octanol–water partition coefficient (Wildman–Crippen LogP) is 0.512. The maximum Gasteiger partial charge on any atom is 0.267 e. The fraction of sp³-hybridized carbons (Fsp3) is 0.700. The molecule has 6 heteroatoms. The van der Waals surface area contributed by atoms with Gasteiger partial charge in [-0.2, -0.15) is 16.9 Å². The Morgan fingerprint density at radius 2 is 2.31 bits per heavy atom. The van der Waals surface area contributed by atoms with Gasteiger partial charge in [0.2, 0.25) is 5.91 Å². The van der Waals surface area contributed by atoms with Crippen LogP contribution in [0.1, 0.15) is 25.7 Å². The molecule has 0 radical (unpaired) electrons. The quantitative estimate of drug-likeness (QED) is 0.668. The SMILES string of the molecule is CSCCCCNC(=O)C1=NNC(=O)CC1. The van der Waals surface area contributed by atoms with Gasteiger partial charge in [-0.15, -0.1) is 0 Å². The summed E-state index contributed by atoms with van der Waals surface area (Å²) in [6, 6.07) is 0. The Bertz CT molecular complexity index is 292. The summed E-state index contributed by atoms with van der Waals surface area (Å²) in [6.45, 7) is 0.673. The molecule has 0 unspecified atom stereocenters. The van der Waals surface area contributed by atoms with Gasteiger partial charge in [0.25, 0.3) is 5.91 Å². The maximum absolute atomic E-state index is 11.5. The predicted molar refractivity (Wildman–Crippen MR) is 65.4 cm³/mol. The van der Waals surface area contributed by atoms with Gasteiger partial charge in [0, 0.05) is 19.4 Å². The topological polar surface area (TPSA) is 70.6 Å². The Labute approximate surface area is 99.4 Å². The maximum atomic E-state index is 11.5. The van der Waals surface area contributed by atoms with Gasteiger partial charge in [-0.3, -0.25) is 9.59 Å². The van der Waals surface area contributed by atoms with Gasteiger partial charge in [-0.1, -0.05) is 0 Å². The molecule has 1 aliphatic rings. The third-order valence-corrected chi connectivity index (χ3v) is 2.92. The zero-order valence-electron chi connectivity index (χ0n) is 9.41. The van der Waals surface area contributed by atoms with E-state index >= 15 is 0 Å². The number of nitrogens with zero attached hydrogens (tertiary/aromatic N) is 1. The highest BCUT2D eigenvalue weighted by molar-refractivity contribution is 7.98. The monoisotopic (exact) mass is 243 g/mol. The average molecular weight is 243 g/mol. The largest absolute Gasteiger partial charge is 0.351 e. The van der Waals surface area contributed by atoms with Crippen molar-refractivity contribution in [1.29, 1.82) is 0 Å². The van der Waals surface area contributed by atoms with E-state index in [4.69, 9.17) is 0 Å². The molecule has 0 aromatic carbocycles. The van der Waals surface area contributed by atoms with Crippen molar-refractivity contribution in [2.24, 2.45) is 5.10 Å². The number of nitrogens with one attached hydrogen (secondary N) is 2. The van der Waals surface area contributed by atoms with Gasteiger partial charge < -0.3 is 5.32 Å². The van der Waals surface area contributed by atoms with Crippen molar-refractivity contribution in [3.63, 3.8) is 0 Å². The van der Waals surface area contributed by atoms with Gasteiger partial charge in [0.05, 0.1) is 0 Å². The molecule has 1 rings (SSSR count). The van der Waals surface area contributed by atoms with Crippen LogP contribution in [0.25, 0.3) is 0 Å². The van der Waals surface area contributed by atoms with Gasteiger partial charge in [0.15, 0.2) is 0 Å². The van der Waals surface area contributed by atoms with Gasteiger partial charge in [0.1, 0.15) is 5.71 Å². The molecule has 2 amide bonds. The van der Waals surface area contributed by atoms with E-state index in [0.717, 1.165) is 18.6 Å². The second-order valence-corrected chi connectivity index (χ2v) is 4.53. The summed E-state index contributed by atoms with van der Waals surface area (Å²) in [4.78, 5) is 22.4. The molecule has 90 valence electrons. The third-order valence-electron chi connectivity index (χ3n) is 2.23. The summed E-state index contributed by atoms with van der Waals surface area (Å²) in [6.07, 6.45) is 4.93. The second kappa shape index (κ2) is 7.27. The number of thioether (sulfide) groups is 1. The summed E-state index contributed by atoms with van der Waals surface area (Å²) in [5, 5.41) is 6.52. The van der Waals surface area contributed by atoms with E-state index in [2.05, 4.69) is 22.1 Å². The lowest BCUT2D eigenvalue weighted by Crippen LogP contribution is -2.37. The minimum Gasteiger partial charge on any atom is -0.351 e. The number of amides is 2. The summed E-state index contributed by atoms with van der Waals surface area (Å²) >= 11 is 1.80. The van der Waals surface area contributed by atoms with Crippen LogP contribution in [-0.4, -0.2) is 36.1 Å². The molecule has 0 aliphatic carbocycles. The molecule has 0 bridgehead atoms. The van der Waals surface area contributed by atoms with Gasteiger partial charge >= 0.3 is 0 Å². The number of rotatable bonds is 6. The zero-order chi connectivity index (χ0) is 11.8. The normalized spacial score (nSPS) is 15.3. The van der Waals surface area contributed by atoms with Crippen LogP contribution in [0.3, 0.4) is 0 Å². The molecule has 0 saturated heterocycles. The second-order valence-electron chi connectivity index (χ2n) is 3.55. The molecule has 0 fully saturated rings. The van der Waals surface area contributed by atoms with E-state index < -0.39 is 0 Å². The molecule has 0 aromatic rings. The van der Waals surface area contributed by atoms with Gasteiger partial charge in [-0.05, 0) is 24.9 Å². The van der Waals surface area contributed by atoms with E-state index in [-0.39, 0.29) is 11.8 Å². The van der Waals surface area contributed by atoms with Crippen LogP contribution in [0.15, 0.2) is 5.10 Å². The van der Waals surface area contributed by atoms with Crippen molar-refractivity contribution in [3.8, 4) is 0 Å². The average Bonchev–Trinajstić information content (AvgIpc) is 2.29. The lowest BCUT2D eigenvalue weighted by atomic mass is 10.1. The first kappa shape index (κ1) is 13.0. The zero-order valence-corrected chi connectivity index (χ0v) is 10.2. The minimum absolute atomic E-state index is 0.128.